The molecule has 0 aliphatic heterocycles. The smallest absolute Gasteiger partial charge is 0.456 e. The summed E-state index contributed by atoms with van der Waals surface area (Å²) in [6.45, 7) is 0. The van der Waals surface area contributed by atoms with E-state index in [1.807, 2.05) is 0 Å². The number of halogens is 1. The van der Waals surface area contributed by atoms with Crippen molar-refractivity contribution >= 4 is 46.1 Å². The first-order chi connectivity index (χ1) is 8.18. The van der Waals surface area contributed by atoms with E-state index in [1.54, 1.807) is 36.4 Å². The molecule has 0 saturated carbocycles. The number of fused-ring (bicyclic) bond motifs is 3. The van der Waals surface area contributed by atoms with Crippen molar-refractivity contribution in [2.75, 3.05) is 0 Å². The number of hydrogen-bond donors (Lipinski definition) is 2. The predicted octanol–water partition coefficient (Wildman–Crippen LogP) is 1.92. The summed E-state index contributed by atoms with van der Waals surface area (Å²) in [7, 11) is -1.55. The lowest BCUT2D eigenvalue weighted by Crippen LogP contribution is -2.30. The second kappa shape index (κ2) is 3.77. The number of hydrogen-bond acceptors (Lipinski definition) is 3. The molecule has 3 rings (SSSR count). The summed E-state index contributed by atoms with van der Waals surface area (Å²) < 4.78 is 5.62. The minimum Gasteiger partial charge on any atom is -0.456 e. The lowest BCUT2D eigenvalue weighted by atomic mass is 9.77. The SMILES string of the molecule is OB(O)c1cccc2oc3cccc(Cl)c3c12. The first kappa shape index (κ1) is 10.7. The summed E-state index contributed by atoms with van der Waals surface area (Å²) in [5.74, 6) is 0. The maximum absolute atomic E-state index is 9.36. The van der Waals surface area contributed by atoms with Crippen molar-refractivity contribution in [1.82, 2.24) is 0 Å². The van der Waals surface area contributed by atoms with Crippen molar-refractivity contribution < 1.29 is 14.5 Å². The third kappa shape index (κ3) is 1.53. The molecule has 0 amide bonds. The van der Waals surface area contributed by atoms with Crippen LogP contribution in [0.25, 0.3) is 21.9 Å². The van der Waals surface area contributed by atoms with Gasteiger partial charge in [0.1, 0.15) is 11.2 Å². The molecule has 0 fully saturated rings. The van der Waals surface area contributed by atoms with Gasteiger partial charge in [-0.15, -0.1) is 0 Å². The number of furan rings is 1. The Morgan fingerprint density at radius 2 is 1.59 bits per heavy atom. The number of benzene rings is 2. The highest BCUT2D eigenvalue weighted by Crippen LogP contribution is 2.32. The van der Waals surface area contributed by atoms with Gasteiger partial charge in [0.05, 0.1) is 5.02 Å². The van der Waals surface area contributed by atoms with E-state index < -0.39 is 7.12 Å². The van der Waals surface area contributed by atoms with E-state index in [0.29, 0.717) is 32.4 Å². The molecule has 0 aliphatic rings. The minimum absolute atomic E-state index is 0.398. The van der Waals surface area contributed by atoms with Gasteiger partial charge in [-0.3, -0.25) is 0 Å². The van der Waals surface area contributed by atoms with Crippen LogP contribution in [0.2, 0.25) is 5.02 Å². The highest BCUT2D eigenvalue weighted by molar-refractivity contribution is 6.63. The Hall–Kier alpha value is -1.49. The highest BCUT2D eigenvalue weighted by atomic mass is 35.5. The molecular weight excluding hydrogens is 238 g/mol. The van der Waals surface area contributed by atoms with Crippen molar-refractivity contribution in [3.05, 3.63) is 41.4 Å². The molecular formula is C12H8BClO3. The average molecular weight is 246 g/mol. The van der Waals surface area contributed by atoms with E-state index in [9.17, 15) is 10.0 Å². The molecule has 3 nitrogen and oxygen atoms in total. The van der Waals surface area contributed by atoms with Crippen molar-refractivity contribution in [2.24, 2.45) is 0 Å². The van der Waals surface area contributed by atoms with Gasteiger partial charge in [-0.1, -0.05) is 29.8 Å². The summed E-state index contributed by atoms with van der Waals surface area (Å²) in [4.78, 5) is 0. The van der Waals surface area contributed by atoms with Gasteiger partial charge in [-0.05, 0) is 23.7 Å². The molecule has 2 N–H and O–H groups in total. The van der Waals surface area contributed by atoms with Gasteiger partial charge in [-0.2, -0.15) is 0 Å². The van der Waals surface area contributed by atoms with Crippen LogP contribution in [0.5, 0.6) is 0 Å². The van der Waals surface area contributed by atoms with Crippen LogP contribution < -0.4 is 5.46 Å². The van der Waals surface area contributed by atoms with Crippen LogP contribution in [0.15, 0.2) is 40.8 Å². The zero-order chi connectivity index (χ0) is 12.0. The molecule has 3 aromatic rings. The quantitative estimate of drug-likeness (QED) is 0.645. The van der Waals surface area contributed by atoms with Gasteiger partial charge < -0.3 is 14.5 Å². The number of rotatable bonds is 1. The summed E-state index contributed by atoms with van der Waals surface area (Å²) in [6.07, 6.45) is 0. The fraction of sp³-hybridized carbons (Fsp3) is 0. The standard InChI is InChI=1S/C12H8BClO3/c14-8-4-2-6-10-12(8)11-7(13(15)16)3-1-5-9(11)17-10/h1-6,15-16H. The first-order valence-electron chi connectivity index (χ1n) is 5.14. The monoisotopic (exact) mass is 246 g/mol. The topological polar surface area (TPSA) is 53.6 Å². The molecule has 5 heteroatoms. The third-order valence-electron chi connectivity index (χ3n) is 2.78. The Bertz CT molecular complexity index is 705. The molecule has 0 saturated heterocycles. The molecule has 0 bridgehead atoms. The molecule has 84 valence electrons. The molecule has 0 atom stereocenters. The highest BCUT2D eigenvalue weighted by Gasteiger charge is 2.20. The van der Waals surface area contributed by atoms with Crippen LogP contribution in [0, 0.1) is 0 Å². The maximum atomic E-state index is 9.36. The van der Waals surface area contributed by atoms with Crippen molar-refractivity contribution in [3.8, 4) is 0 Å². The van der Waals surface area contributed by atoms with Gasteiger partial charge >= 0.3 is 7.12 Å². The van der Waals surface area contributed by atoms with Crippen LogP contribution in [0.1, 0.15) is 0 Å². The predicted molar refractivity (Wildman–Crippen MR) is 68.6 cm³/mol. The third-order valence-corrected chi connectivity index (χ3v) is 3.10. The van der Waals surface area contributed by atoms with Gasteiger partial charge in [-0.25, -0.2) is 0 Å². The summed E-state index contributed by atoms with van der Waals surface area (Å²) in [5, 5.41) is 20.6. The first-order valence-corrected chi connectivity index (χ1v) is 5.52. The maximum Gasteiger partial charge on any atom is 0.489 e. The van der Waals surface area contributed by atoms with Crippen LogP contribution in [-0.2, 0) is 0 Å². The largest absolute Gasteiger partial charge is 0.489 e. The lowest BCUT2D eigenvalue weighted by Gasteiger charge is -2.01. The van der Waals surface area contributed by atoms with Crippen molar-refractivity contribution in [1.29, 1.82) is 0 Å². The lowest BCUT2D eigenvalue weighted by molar-refractivity contribution is 0.426. The second-order valence-corrected chi connectivity index (χ2v) is 4.22. The fourth-order valence-corrected chi connectivity index (χ4v) is 2.33. The zero-order valence-corrected chi connectivity index (χ0v) is 9.48. The zero-order valence-electron chi connectivity index (χ0n) is 8.72. The Kier molecular flexibility index (Phi) is 2.36. The molecule has 1 heterocycles. The van der Waals surface area contributed by atoms with Crippen LogP contribution >= 0.6 is 11.6 Å². The van der Waals surface area contributed by atoms with E-state index in [1.165, 1.54) is 0 Å². The molecule has 2 aromatic carbocycles. The fourth-order valence-electron chi connectivity index (χ4n) is 2.07. The summed E-state index contributed by atoms with van der Waals surface area (Å²) in [6, 6.07) is 10.5. The summed E-state index contributed by atoms with van der Waals surface area (Å²) in [5.41, 5.74) is 1.63. The van der Waals surface area contributed by atoms with E-state index in [-0.39, 0.29) is 0 Å². The molecule has 0 aliphatic carbocycles. The van der Waals surface area contributed by atoms with E-state index in [4.69, 9.17) is 16.0 Å². The van der Waals surface area contributed by atoms with Gasteiger partial charge in [0.25, 0.3) is 0 Å². The Balaban J connectivity index is 2.57. The normalized spacial score (nSPS) is 11.2. The van der Waals surface area contributed by atoms with Gasteiger partial charge in [0.15, 0.2) is 0 Å². The second-order valence-electron chi connectivity index (χ2n) is 3.81. The molecule has 0 unspecified atom stereocenters. The van der Waals surface area contributed by atoms with E-state index in [2.05, 4.69) is 0 Å². The average Bonchev–Trinajstić information content (AvgIpc) is 2.67. The van der Waals surface area contributed by atoms with Crippen LogP contribution in [0.4, 0.5) is 0 Å². The van der Waals surface area contributed by atoms with E-state index >= 15 is 0 Å². The molecule has 0 spiro atoms. The van der Waals surface area contributed by atoms with E-state index in [0.717, 1.165) is 0 Å². The Morgan fingerprint density at radius 1 is 0.941 bits per heavy atom. The summed E-state index contributed by atoms with van der Waals surface area (Å²) >= 11 is 6.13. The van der Waals surface area contributed by atoms with Crippen molar-refractivity contribution in [2.45, 2.75) is 0 Å². The Morgan fingerprint density at radius 3 is 2.29 bits per heavy atom. The molecule has 0 radical (unpaired) electrons. The Labute approximate surface area is 102 Å². The van der Waals surface area contributed by atoms with Gasteiger partial charge in [0, 0.05) is 10.8 Å². The molecule has 1 aromatic heterocycles. The molecule has 17 heavy (non-hydrogen) atoms. The van der Waals surface area contributed by atoms with Crippen molar-refractivity contribution in [3.63, 3.8) is 0 Å². The van der Waals surface area contributed by atoms with Crippen LogP contribution in [-0.4, -0.2) is 17.2 Å². The minimum atomic E-state index is -1.55. The van der Waals surface area contributed by atoms with Crippen LogP contribution in [0.3, 0.4) is 0 Å². The van der Waals surface area contributed by atoms with Gasteiger partial charge in [0.2, 0.25) is 0 Å².